The third kappa shape index (κ3) is 7.00. The standard InChI is InChI=1S/C26H35N3O5S2/c1-19(30)34-16-25(28-36(32,33)24-9-8-21-5-2-3-6-22(21)15-24)26(31)29-14-4-7-23(29)18-35-17-20-10-12-27-13-11-20/h2-3,5-6,8-9,15,20,23,25,27-28H,4,7,10-14,16-18H2,1H3/t23-,25+/m0/s1. The first-order valence-corrected chi connectivity index (χ1v) is 15.2. The number of ether oxygens (including phenoxy) is 1. The summed E-state index contributed by atoms with van der Waals surface area (Å²) >= 11 is 1.87. The average molecular weight is 534 g/mol. The van der Waals surface area contributed by atoms with E-state index in [1.807, 2.05) is 36.0 Å². The molecule has 2 aliphatic heterocycles. The van der Waals surface area contributed by atoms with Gasteiger partial charge in [0.15, 0.2) is 0 Å². The fraction of sp³-hybridized carbons (Fsp3) is 0.538. The predicted molar refractivity (Wildman–Crippen MR) is 142 cm³/mol. The Bertz CT molecular complexity index is 1170. The molecule has 2 aromatic rings. The SMILES string of the molecule is CC(=O)OC[C@@H](NS(=O)(=O)c1ccc2ccccc2c1)C(=O)N1CCC[C@H]1CSCC1CCNCC1. The summed E-state index contributed by atoms with van der Waals surface area (Å²) in [6.45, 7) is 3.61. The number of carbonyl (C=O) groups excluding carboxylic acids is 2. The number of esters is 1. The molecule has 8 nitrogen and oxygen atoms in total. The quantitative estimate of drug-likeness (QED) is 0.453. The second-order valence-electron chi connectivity index (χ2n) is 9.54. The van der Waals surface area contributed by atoms with Crippen LogP contribution in [0.1, 0.15) is 32.6 Å². The third-order valence-electron chi connectivity index (χ3n) is 6.86. The molecule has 2 aliphatic rings. The highest BCUT2D eigenvalue weighted by molar-refractivity contribution is 7.99. The molecule has 2 heterocycles. The maximum Gasteiger partial charge on any atom is 0.302 e. The Morgan fingerprint density at radius 3 is 2.61 bits per heavy atom. The van der Waals surface area contributed by atoms with Gasteiger partial charge in [0.2, 0.25) is 15.9 Å². The molecule has 4 rings (SSSR count). The molecule has 0 unspecified atom stereocenters. The summed E-state index contributed by atoms with van der Waals surface area (Å²) in [5.41, 5.74) is 0. The van der Waals surface area contributed by atoms with Gasteiger partial charge >= 0.3 is 5.97 Å². The van der Waals surface area contributed by atoms with Crippen LogP contribution < -0.4 is 10.0 Å². The number of amides is 1. The van der Waals surface area contributed by atoms with E-state index in [2.05, 4.69) is 10.0 Å². The fourth-order valence-electron chi connectivity index (χ4n) is 4.86. The number of benzene rings is 2. The van der Waals surface area contributed by atoms with Gasteiger partial charge in [0, 0.05) is 25.3 Å². The highest BCUT2D eigenvalue weighted by atomic mass is 32.2. The minimum Gasteiger partial charge on any atom is -0.464 e. The Morgan fingerprint density at radius 2 is 1.86 bits per heavy atom. The second kappa shape index (κ2) is 12.4. The van der Waals surface area contributed by atoms with Crippen LogP contribution in [-0.2, 0) is 24.3 Å². The molecular weight excluding hydrogens is 498 g/mol. The van der Waals surface area contributed by atoms with Gasteiger partial charge in [-0.25, -0.2) is 8.42 Å². The maximum atomic E-state index is 13.5. The highest BCUT2D eigenvalue weighted by Gasteiger charge is 2.36. The number of sulfonamides is 1. The highest BCUT2D eigenvalue weighted by Crippen LogP contribution is 2.26. The van der Waals surface area contributed by atoms with Gasteiger partial charge < -0.3 is 15.0 Å². The van der Waals surface area contributed by atoms with Crippen molar-refractivity contribution in [2.24, 2.45) is 5.92 Å². The molecule has 36 heavy (non-hydrogen) atoms. The van der Waals surface area contributed by atoms with Crippen molar-refractivity contribution in [2.75, 3.05) is 37.7 Å². The molecule has 0 spiro atoms. The lowest BCUT2D eigenvalue weighted by molar-refractivity contribution is -0.144. The lowest BCUT2D eigenvalue weighted by Crippen LogP contribution is -2.52. The van der Waals surface area contributed by atoms with E-state index in [-0.39, 0.29) is 23.5 Å². The van der Waals surface area contributed by atoms with Crippen molar-refractivity contribution in [1.82, 2.24) is 14.9 Å². The molecular formula is C26H35N3O5S2. The van der Waals surface area contributed by atoms with Crippen LogP contribution in [0.25, 0.3) is 10.8 Å². The topological polar surface area (TPSA) is 105 Å². The molecule has 10 heteroatoms. The van der Waals surface area contributed by atoms with E-state index < -0.39 is 22.0 Å². The number of nitrogens with zero attached hydrogens (tertiary/aromatic N) is 1. The van der Waals surface area contributed by atoms with Crippen molar-refractivity contribution in [1.29, 1.82) is 0 Å². The second-order valence-corrected chi connectivity index (χ2v) is 12.3. The van der Waals surface area contributed by atoms with Crippen molar-refractivity contribution < 1.29 is 22.7 Å². The predicted octanol–water partition coefficient (Wildman–Crippen LogP) is 2.77. The summed E-state index contributed by atoms with van der Waals surface area (Å²) in [6.07, 6.45) is 4.13. The Balaban J connectivity index is 1.44. The number of thioether (sulfide) groups is 1. The summed E-state index contributed by atoms with van der Waals surface area (Å²) < 4.78 is 34.1. The first-order chi connectivity index (χ1) is 17.3. The van der Waals surface area contributed by atoms with Crippen molar-refractivity contribution >= 4 is 44.4 Å². The summed E-state index contributed by atoms with van der Waals surface area (Å²) in [7, 11) is -4.02. The van der Waals surface area contributed by atoms with Crippen LogP contribution in [0.4, 0.5) is 0 Å². The summed E-state index contributed by atoms with van der Waals surface area (Å²) in [5.74, 6) is 1.70. The van der Waals surface area contributed by atoms with Crippen LogP contribution in [0.2, 0.25) is 0 Å². The Kier molecular flexibility index (Phi) is 9.27. The van der Waals surface area contributed by atoms with Crippen LogP contribution in [0, 0.1) is 5.92 Å². The van der Waals surface area contributed by atoms with Crippen LogP contribution in [0.3, 0.4) is 0 Å². The molecule has 196 valence electrons. The van der Waals surface area contributed by atoms with Crippen LogP contribution in [-0.4, -0.2) is 75.0 Å². The van der Waals surface area contributed by atoms with Gasteiger partial charge in [-0.1, -0.05) is 30.3 Å². The molecule has 0 aliphatic carbocycles. The zero-order valence-electron chi connectivity index (χ0n) is 20.6. The Hall–Kier alpha value is -2.14. The van der Waals surface area contributed by atoms with Crippen LogP contribution >= 0.6 is 11.8 Å². The maximum absolute atomic E-state index is 13.5. The molecule has 2 atom stereocenters. The largest absolute Gasteiger partial charge is 0.464 e. The monoisotopic (exact) mass is 533 g/mol. The molecule has 0 saturated carbocycles. The van der Waals surface area contributed by atoms with Gasteiger partial charge in [-0.2, -0.15) is 16.5 Å². The number of likely N-dealkylation sites (tertiary alicyclic amines) is 1. The molecule has 2 N–H and O–H groups in total. The fourth-order valence-corrected chi connectivity index (χ4v) is 7.49. The first kappa shape index (κ1) is 26.9. The van der Waals surface area contributed by atoms with E-state index in [4.69, 9.17) is 4.74 Å². The van der Waals surface area contributed by atoms with E-state index in [1.165, 1.54) is 25.8 Å². The van der Waals surface area contributed by atoms with Crippen molar-refractivity contribution in [3.8, 4) is 0 Å². The van der Waals surface area contributed by atoms with Gasteiger partial charge in [0.05, 0.1) is 4.90 Å². The average Bonchev–Trinajstić information content (AvgIpc) is 3.35. The van der Waals surface area contributed by atoms with E-state index in [1.54, 1.807) is 17.0 Å². The van der Waals surface area contributed by atoms with Crippen molar-refractivity contribution in [3.05, 3.63) is 42.5 Å². The zero-order valence-corrected chi connectivity index (χ0v) is 22.3. The van der Waals surface area contributed by atoms with Crippen LogP contribution in [0.5, 0.6) is 0 Å². The van der Waals surface area contributed by atoms with E-state index >= 15 is 0 Å². The molecule has 2 aromatic carbocycles. The summed E-state index contributed by atoms with van der Waals surface area (Å²) in [6, 6.07) is 11.2. The summed E-state index contributed by atoms with van der Waals surface area (Å²) in [5, 5.41) is 5.09. The van der Waals surface area contributed by atoms with Gasteiger partial charge in [0.1, 0.15) is 12.6 Å². The molecule has 2 saturated heterocycles. The number of rotatable bonds is 10. The van der Waals surface area contributed by atoms with E-state index in [0.717, 1.165) is 48.2 Å². The minimum atomic E-state index is -4.02. The van der Waals surface area contributed by atoms with Crippen molar-refractivity contribution in [2.45, 2.75) is 49.6 Å². The van der Waals surface area contributed by atoms with Gasteiger partial charge in [0.25, 0.3) is 0 Å². The van der Waals surface area contributed by atoms with Crippen LogP contribution in [0.15, 0.2) is 47.4 Å². The number of hydrogen-bond acceptors (Lipinski definition) is 7. The molecule has 0 bridgehead atoms. The number of nitrogens with one attached hydrogen (secondary N) is 2. The van der Waals surface area contributed by atoms with E-state index in [9.17, 15) is 18.0 Å². The molecule has 1 amide bonds. The lowest BCUT2D eigenvalue weighted by Gasteiger charge is -2.29. The Labute approximate surface area is 217 Å². The van der Waals surface area contributed by atoms with Gasteiger partial charge in [-0.15, -0.1) is 0 Å². The summed E-state index contributed by atoms with van der Waals surface area (Å²) in [4.78, 5) is 26.9. The zero-order chi connectivity index (χ0) is 25.5. The van der Waals surface area contributed by atoms with Gasteiger partial charge in [-0.3, -0.25) is 9.59 Å². The Morgan fingerprint density at radius 1 is 1.11 bits per heavy atom. The normalized spacial score (nSPS) is 19.9. The van der Waals surface area contributed by atoms with E-state index in [0.29, 0.717) is 12.5 Å². The molecule has 0 aromatic heterocycles. The first-order valence-electron chi connectivity index (χ1n) is 12.6. The third-order valence-corrected chi connectivity index (χ3v) is 9.66. The number of carbonyl (C=O) groups is 2. The molecule has 0 radical (unpaired) electrons. The number of fused-ring (bicyclic) bond motifs is 1. The number of hydrogen-bond donors (Lipinski definition) is 2. The lowest BCUT2D eigenvalue weighted by atomic mass is 10.0. The van der Waals surface area contributed by atoms with Crippen molar-refractivity contribution in [3.63, 3.8) is 0 Å². The smallest absolute Gasteiger partial charge is 0.302 e. The number of piperidine rings is 1. The molecule has 2 fully saturated rings. The van der Waals surface area contributed by atoms with Gasteiger partial charge in [-0.05, 0) is 73.3 Å². The minimum absolute atomic E-state index is 0.0502.